The molecule has 5 nitrogen and oxygen atoms in total. The van der Waals surface area contributed by atoms with Crippen molar-refractivity contribution in [2.45, 2.75) is 26.2 Å². The average molecular weight is 374 g/mol. The molecule has 0 spiro atoms. The van der Waals surface area contributed by atoms with Gasteiger partial charge in [-0.15, -0.1) is 10.2 Å². The Balaban J connectivity index is 1.64. The Hall–Kier alpha value is -2.99. The van der Waals surface area contributed by atoms with Crippen LogP contribution in [0.4, 0.5) is 0 Å². The first-order valence-corrected chi connectivity index (χ1v) is 9.83. The first-order chi connectivity index (χ1) is 13.3. The summed E-state index contributed by atoms with van der Waals surface area (Å²) < 4.78 is 7.89. The third-order valence-corrected chi connectivity index (χ3v) is 5.97. The molecule has 3 heterocycles. The molecule has 0 saturated heterocycles. The van der Waals surface area contributed by atoms with Crippen molar-refractivity contribution in [3.63, 3.8) is 0 Å². The van der Waals surface area contributed by atoms with E-state index in [1.54, 1.807) is 11.3 Å². The zero-order valence-corrected chi connectivity index (χ0v) is 15.9. The number of nitrogens with zero attached hydrogens (tertiary/aromatic N) is 4. The van der Waals surface area contributed by atoms with Gasteiger partial charge in [0.15, 0.2) is 5.76 Å². The van der Waals surface area contributed by atoms with E-state index in [1.807, 2.05) is 35.7 Å². The quantitative estimate of drug-likeness (QED) is 0.420. The van der Waals surface area contributed by atoms with E-state index < -0.39 is 0 Å². The number of hydrogen-bond donors (Lipinski definition) is 0. The van der Waals surface area contributed by atoms with Crippen molar-refractivity contribution in [2.75, 3.05) is 0 Å². The van der Waals surface area contributed by atoms with Crippen molar-refractivity contribution in [1.29, 1.82) is 0 Å². The molecular formula is C21H18N4OS. The van der Waals surface area contributed by atoms with Crippen molar-refractivity contribution in [3.8, 4) is 11.6 Å². The van der Waals surface area contributed by atoms with Gasteiger partial charge in [0, 0.05) is 16.9 Å². The third kappa shape index (κ3) is 2.56. The maximum Gasteiger partial charge on any atom is 0.235 e. The van der Waals surface area contributed by atoms with Gasteiger partial charge in [0.2, 0.25) is 10.8 Å². The van der Waals surface area contributed by atoms with Crippen molar-refractivity contribution in [1.82, 2.24) is 19.8 Å². The lowest BCUT2D eigenvalue weighted by molar-refractivity contribution is 0.618. The predicted octanol–water partition coefficient (Wildman–Crippen LogP) is 5.45. The number of hydrogen-bond acceptors (Lipinski definition) is 5. The van der Waals surface area contributed by atoms with E-state index in [1.165, 1.54) is 5.56 Å². The first kappa shape index (κ1) is 16.2. The Labute approximate surface area is 160 Å². The van der Waals surface area contributed by atoms with Gasteiger partial charge in [0.1, 0.15) is 10.6 Å². The lowest BCUT2D eigenvalue weighted by atomic mass is 9.97. The zero-order chi connectivity index (χ0) is 18.4. The molecule has 5 aromatic rings. The maximum absolute atomic E-state index is 6.07. The SMILES string of the molecule is CC[C@H](c1ccccc1)c1nn2c(-c3oc4ccccc4c3C)nnc2s1. The van der Waals surface area contributed by atoms with E-state index in [2.05, 4.69) is 47.5 Å². The number of fused-ring (bicyclic) bond motifs is 2. The Morgan fingerprint density at radius 1 is 1.04 bits per heavy atom. The minimum Gasteiger partial charge on any atom is -0.452 e. The van der Waals surface area contributed by atoms with Crippen LogP contribution < -0.4 is 0 Å². The monoisotopic (exact) mass is 374 g/mol. The van der Waals surface area contributed by atoms with Gasteiger partial charge in [-0.3, -0.25) is 0 Å². The molecule has 0 radical (unpaired) electrons. The standard InChI is InChI=1S/C21H18N4OS/c1-3-15(14-9-5-4-6-10-14)20-24-25-19(22-23-21(25)27-20)18-13(2)16-11-7-8-12-17(16)26-18/h4-12,15H,3H2,1-2H3/t15-/m1/s1. The number of rotatable bonds is 4. The van der Waals surface area contributed by atoms with E-state index in [-0.39, 0.29) is 5.92 Å². The van der Waals surface area contributed by atoms with Gasteiger partial charge in [0.05, 0.1) is 0 Å². The van der Waals surface area contributed by atoms with Crippen LogP contribution in [0.5, 0.6) is 0 Å². The van der Waals surface area contributed by atoms with Crippen molar-refractivity contribution >= 4 is 27.3 Å². The molecular weight excluding hydrogens is 356 g/mol. The summed E-state index contributed by atoms with van der Waals surface area (Å²) in [6.45, 7) is 4.23. The molecule has 1 atom stereocenters. The molecule has 0 aliphatic carbocycles. The van der Waals surface area contributed by atoms with Gasteiger partial charge in [0.25, 0.3) is 0 Å². The van der Waals surface area contributed by atoms with Crippen LogP contribution in [0.2, 0.25) is 0 Å². The number of para-hydroxylation sites is 1. The molecule has 0 saturated carbocycles. The van der Waals surface area contributed by atoms with E-state index in [0.29, 0.717) is 5.82 Å². The molecule has 0 bridgehead atoms. The third-order valence-electron chi connectivity index (χ3n) is 4.96. The van der Waals surface area contributed by atoms with E-state index in [0.717, 1.165) is 38.7 Å². The molecule has 5 rings (SSSR count). The summed E-state index contributed by atoms with van der Waals surface area (Å²) in [5, 5.41) is 15.7. The van der Waals surface area contributed by atoms with Crippen LogP contribution in [-0.2, 0) is 0 Å². The number of benzene rings is 2. The summed E-state index contributed by atoms with van der Waals surface area (Å²) >= 11 is 1.59. The highest BCUT2D eigenvalue weighted by atomic mass is 32.1. The van der Waals surface area contributed by atoms with Crippen LogP contribution >= 0.6 is 11.3 Å². The van der Waals surface area contributed by atoms with Crippen LogP contribution in [-0.4, -0.2) is 19.8 Å². The largest absolute Gasteiger partial charge is 0.452 e. The molecule has 27 heavy (non-hydrogen) atoms. The topological polar surface area (TPSA) is 56.2 Å². The highest BCUT2D eigenvalue weighted by Crippen LogP contribution is 2.35. The summed E-state index contributed by atoms with van der Waals surface area (Å²) in [7, 11) is 0. The van der Waals surface area contributed by atoms with Crippen LogP contribution in [0.1, 0.15) is 35.4 Å². The lowest BCUT2D eigenvalue weighted by Crippen LogP contribution is -2.01. The smallest absolute Gasteiger partial charge is 0.235 e. The molecule has 0 amide bonds. The summed E-state index contributed by atoms with van der Waals surface area (Å²) in [4.78, 5) is 0.786. The molecule has 6 heteroatoms. The van der Waals surface area contributed by atoms with E-state index >= 15 is 0 Å². The van der Waals surface area contributed by atoms with Crippen LogP contribution in [0.15, 0.2) is 59.0 Å². The van der Waals surface area contributed by atoms with E-state index in [4.69, 9.17) is 9.52 Å². The summed E-state index contributed by atoms with van der Waals surface area (Å²) in [5.74, 6) is 1.64. The number of aromatic nitrogens is 4. The van der Waals surface area contributed by atoms with Crippen molar-refractivity contribution in [2.24, 2.45) is 0 Å². The van der Waals surface area contributed by atoms with Crippen molar-refractivity contribution < 1.29 is 4.42 Å². The minimum atomic E-state index is 0.252. The molecule has 0 unspecified atom stereocenters. The number of aryl methyl sites for hydroxylation is 1. The van der Waals surface area contributed by atoms with Crippen LogP contribution in [0.25, 0.3) is 27.5 Å². The second-order valence-electron chi connectivity index (χ2n) is 6.58. The fourth-order valence-corrected chi connectivity index (χ4v) is 4.59. The maximum atomic E-state index is 6.07. The normalized spacial score (nSPS) is 12.8. The molecule has 0 aliphatic rings. The van der Waals surface area contributed by atoms with Gasteiger partial charge in [-0.05, 0) is 25.0 Å². The second kappa shape index (κ2) is 6.32. The molecule has 134 valence electrons. The predicted molar refractivity (Wildman–Crippen MR) is 107 cm³/mol. The highest BCUT2D eigenvalue weighted by molar-refractivity contribution is 7.16. The van der Waals surface area contributed by atoms with Gasteiger partial charge < -0.3 is 4.42 Å². The lowest BCUT2D eigenvalue weighted by Gasteiger charge is -2.11. The molecule has 2 aromatic carbocycles. The minimum absolute atomic E-state index is 0.252. The van der Waals surface area contributed by atoms with Gasteiger partial charge >= 0.3 is 0 Å². The molecule has 0 N–H and O–H groups in total. The molecule has 0 aliphatic heterocycles. The molecule has 0 fully saturated rings. The summed E-state index contributed by atoms with van der Waals surface area (Å²) in [6, 6.07) is 18.5. The van der Waals surface area contributed by atoms with Gasteiger partial charge in [-0.1, -0.05) is 66.8 Å². The van der Waals surface area contributed by atoms with Crippen LogP contribution in [0.3, 0.4) is 0 Å². The first-order valence-electron chi connectivity index (χ1n) is 9.02. The summed E-state index contributed by atoms with van der Waals surface area (Å²) in [6.07, 6.45) is 0.979. The fraction of sp³-hybridized carbons (Fsp3) is 0.190. The van der Waals surface area contributed by atoms with Gasteiger partial charge in [-0.25, -0.2) is 0 Å². The Morgan fingerprint density at radius 3 is 2.59 bits per heavy atom. The van der Waals surface area contributed by atoms with E-state index in [9.17, 15) is 0 Å². The van der Waals surface area contributed by atoms with Crippen molar-refractivity contribution in [3.05, 3.63) is 70.7 Å². The average Bonchev–Trinajstić information content (AvgIpc) is 3.37. The van der Waals surface area contributed by atoms with Crippen LogP contribution in [0, 0.1) is 6.92 Å². The van der Waals surface area contributed by atoms with Gasteiger partial charge in [-0.2, -0.15) is 9.61 Å². The highest BCUT2D eigenvalue weighted by Gasteiger charge is 2.23. The summed E-state index contributed by atoms with van der Waals surface area (Å²) in [5.41, 5.74) is 3.18. The Kier molecular flexibility index (Phi) is 3.79. The fourth-order valence-electron chi connectivity index (χ4n) is 3.54. The molecule has 3 aromatic heterocycles. The second-order valence-corrected chi connectivity index (χ2v) is 7.57. The Bertz CT molecular complexity index is 1240. The number of furan rings is 1. The Morgan fingerprint density at radius 2 is 1.81 bits per heavy atom. The zero-order valence-electron chi connectivity index (χ0n) is 15.1.